The van der Waals surface area contributed by atoms with Crippen LogP contribution in [-0.4, -0.2) is 34.5 Å². The van der Waals surface area contributed by atoms with Gasteiger partial charge in [0.15, 0.2) is 0 Å². The Morgan fingerprint density at radius 1 is 1.00 bits per heavy atom. The van der Waals surface area contributed by atoms with Gasteiger partial charge in [0.2, 0.25) is 0 Å². The molecule has 1 saturated carbocycles. The van der Waals surface area contributed by atoms with Crippen molar-refractivity contribution in [1.29, 1.82) is 0 Å². The molecule has 2 aliphatic rings. The topological polar surface area (TPSA) is 83.8 Å². The molecule has 2 aliphatic carbocycles. The lowest BCUT2D eigenvalue weighted by molar-refractivity contribution is -0.140. The first kappa shape index (κ1) is 23.5. The van der Waals surface area contributed by atoms with E-state index in [1.54, 1.807) is 0 Å². The Morgan fingerprint density at radius 2 is 1.58 bits per heavy atom. The summed E-state index contributed by atoms with van der Waals surface area (Å²) < 4.78 is 5.68. The second-order valence-corrected chi connectivity index (χ2v) is 10.8. The molecule has 1 aromatic carbocycles. The van der Waals surface area contributed by atoms with Gasteiger partial charge in [-0.1, -0.05) is 46.8 Å². The van der Waals surface area contributed by atoms with E-state index in [1.807, 2.05) is 58.9 Å². The largest absolute Gasteiger partial charge is 0.512 e. The maximum absolute atomic E-state index is 13.2. The Balaban J connectivity index is 2.07. The molecular formula is C26H36O5. The molecular weight excluding hydrogens is 392 g/mol. The number of ether oxygens (including phenoxy) is 1. The number of hydrogen-bond acceptors (Lipinski definition) is 5. The first-order valence-electron chi connectivity index (χ1n) is 11.3. The maximum atomic E-state index is 13.2. The number of allylic oxidation sites excluding steroid dienone is 1. The normalized spacial score (nSPS) is 24.9. The average molecular weight is 429 g/mol. The standard InChI is InChI=1S/C26H36O5/c1-6-11-31-17-9-7-16(8-10-17)22(23-18(27)12-25(2,3)13-19(23)28)24-20(29)14-26(4,5)15-21(24)30/h7-10,18,22,24,27-28H,6,11-15H2,1-5H3/t18-,22-/m1/s1. The summed E-state index contributed by atoms with van der Waals surface area (Å²) in [6, 6.07) is 7.36. The summed E-state index contributed by atoms with van der Waals surface area (Å²) in [4.78, 5) is 26.4. The van der Waals surface area contributed by atoms with Crippen LogP contribution in [-0.2, 0) is 9.59 Å². The molecule has 2 atom stereocenters. The molecule has 1 fully saturated rings. The molecule has 0 aliphatic heterocycles. The fraction of sp³-hybridized carbons (Fsp3) is 0.615. The quantitative estimate of drug-likeness (QED) is 0.614. The van der Waals surface area contributed by atoms with Crippen LogP contribution in [0.5, 0.6) is 5.75 Å². The molecule has 0 spiro atoms. The zero-order chi connectivity index (χ0) is 23.0. The molecule has 0 amide bonds. The molecule has 2 N–H and O–H groups in total. The molecule has 1 aromatic rings. The third kappa shape index (κ3) is 5.20. The highest BCUT2D eigenvalue weighted by Crippen LogP contribution is 2.48. The highest BCUT2D eigenvalue weighted by molar-refractivity contribution is 6.06. The third-order valence-corrected chi connectivity index (χ3v) is 6.46. The lowest BCUT2D eigenvalue weighted by Gasteiger charge is -2.41. The summed E-state index contributed by atoms with van der Waals surface area (Å²) in [5.41, 5.74) is 0.553. The van der Waals surface area contributed by atoms with Crippen molar-refractivity contribution in [3.05, 3.63) is 41.2 Å². The number of aliphatic hydroxyl groups excluding tert-OH is 2. The van der Waals surface area contributed by atoms with Crippen LogP contribution >= 0.6 is 0 Å². The van der Waals surface area contributed by atoms with E-state index in [2.05, 4.69) is 0 Å². The minimum absolute atomic E-state index is 0.102. The zero-order valence-electron chi connectivity index (χ0n) is 19.4. The van der Waals surface area contributed by atoms with E-state index in [1.165, 1.54) is 0 Å². The fourth-order valence-electron chi connectivity index (χ4n) is 5.16. The van der Waals surface area contributed by atoms with E-state index >= 15 is 0 Å². The fourth-order valence-corrected chi connectivity index (χ4v) is 5.16. The number of carbonyl (C=O) groups excluding carboxylic acids is 2. The smallest absolute Gasteiger partial charge is 0.144 e. The SMILES string of the molecule is CCCOc1ccc([C@H](C2=C(O)CC(C)(C)C[C@H]2O)C2C(=O)CC(C)(C)CC2=O)cc1. The van der Waals surface area contributed by atoms with Gasteiger partial charge in [-0.15, -0.1) is 0 Å². The van der Waals surface area contributed by atoms with Gasteiger partial charge in [-0.3, -0.25) is 9.59 Å². The maximum Gasteiger partial charge on any atom is 0.144 e. The monoisotopic (exact) mass is 428 g/mol. The molecule has 0 aromatic heterocycles. The first-order chi connectivity index (χ1) is 14.4. The van der Waals surface area contributed by atoms with E-state index in [-0.39, 0.29) is 28.2 Å². The van der Waals surface area contributed by atoms with Crippen molar-refractivity contribution in [3.8, 4) is 5.75 Å². The summed E-state index contributed by atoms with van der Waals surface area (Å²) in [7, 11) is 0. The summed E-state index contributed by atoms with van der Waals surface area (Å²) in [5.74, 6) is -0.962. The highest BCUT2D eigenvalue weighted by Gasteiger charge is 2.48. The van der Waals surface area contributed by atoms with Crippen molar-refractivity contribution < 1.29 is 24.5 Å². The van der Waals surface area contributed by atoms with Gasteiger partial charge in [0.05, 0.1) is 24.4 Å². The van der Waals surface area contributed by atoms with E-state index in [9.17, 15) is 19.8 Å². The van der Waals surface area contributed by atoms with Gasteiger partial charge in [0, 0.05) is 30.8 Å². The second-order valence-electron chi connectivity index (χ2n) is 10.8. The summed E-state index contributed by atoms with van der Waals surface area (Å²) in [6.45, 7) is 10.5. The van der Waals surface area contributed by atoms with Crippen LogP contribution in [0.1, 0.15) is 78.2 Å². The van der Waals surface area contributed by atoms with Crippen LogP contribution in [0.4, 0.5) is 0 Å². The molecule has 5 heteroatoms. The van der Waals surface area contributed by atoms with E-state index in [4.69, 9.17) is 4.74 Å². The van der Waals surface area contributed by atoms with Crippen molar-refractivity contribution in [1.82, 2.24) is 0 Å². The average Bonchev–Trinajstić information content (AvgIpc) is 2.62. The third-order valence-electron chi connectivity index (χ3n) is 6.46. The molecule has 0 saturated heterocycles. The Labute approximate surface area is 185 Å². The van der Waals surface area contributed by atoms with Gasteiger partial charge in [0.1, 0.15) is 17.3 Å². The Bertz CT molecular complexity index is 842. The molecule has 5 nitrogen and oxygen atoms in total. The number of benzene rings is 1. The Hall–Kier alpha value is -2.14. The summed E-state index contributed by atoms with van der Waals surface area (Å²) in [5, 5.41) is 22.0. The summed E-state index contributed by atoms with van der Waals surface area (Å²) >= 11 is 0. The van der Waals surface area contributed by atoms with Crippen molar-refractivity contribution in [2.75, 3.05) is 6.61 Å². The zero-order valence-corrected chi connectivity index (χ0v) is 19.4. The number of hydrogen-bond donors (Lipinski definition) is 2. The number of carbonyl (C=O) groups is 2. The van der Waals surface area contributed by atoms with Crippen LogP contribution in [0.15, 0.2) is 35.6 Å². The number of rotatable bonds is 6. The lowest BCUT2D eigenvalue weighted by Crippen LogP contribution is -2.43. The van der Waals surface area contributed by atoms with Gasteiger partial charge in [-0.2, -0.15) is 0 Å². The van der Waals surface area contributed by atoms with Gasteiger partial charge < -0.3 is 14.9 Å². The number of ketones is 2. The molecule has 170 valence electrons. The summed E-state index contributed by atoms with van der Waals surface area (Å²) in [6.07, 6.45) is 1.50. The minimum Gasteiger partial charge on any atom is -0.512 e. The van der Waals surface area contributed by atoms with E-state index in [0.717, 1.165) is 17.7 Å². The highest BCUT2D eigenvalue weighted by atomic mass is 16.5. The minimum atomic E-state index is -0.902. The van der Waals surface area contributed by atoms with Gasteiger partial charge in [-0.05, 0) is 41.4 Å². The second kappa shape index (κ2) is 8.78. The van der Waals surface area contributed by atoms with Gasteiger partial charge in [-0.25, -0.2) is 0 Å². The van der Waals surface area contributed by atoms with Crippen LogP contribution in [0.3, 0.4) is 0 Å². The molecule has 0 bridgehead atoms. The molecule has 31 heavy (non-hydrogen) atoms. The molecule has 0 radical (unpaired) electrons. The lowest BCUT2D eigenvalue weighted by atomic mass is 9.62. The molecule has 0 heterocycles. The van der Waals surface area contributed by atoms with E-state index < -0.39 is 17.9 Å². The van der Waals surface area contributed by atoms with Crippen LogP contribution in [0.25, 0.3) is 0 Å². The van der Waals surface area contributed by atoms with Gasteiger partial charge in [0.25, 0.3) is 0 Å². The predicted octanol–water partition coefficient (Wildman–Crippen LogP) is 5.13. The van der Waals surface area contributed by atoms with Crippen LogP contribution in [0.2, 0.25) is 0 Å². The van der Waals surface area contributed by atoms with Gasteiger partial charge >= 0.3 is 0 Å². The van der Waals surface area contributed by atoms with E-state index in [0.29, 0.717) is 37.9 Å². The predicted molar refractivity (Wildman–Crippen MR) is 120 cm³/mol. The van der Waals surface area contributed by atoms with Crippen LogP contribution < -0.4 is 4.74 Å². The molecule has 3 rings (SSSR count). The number of Topliss-reactive ketones (excluding diaryl/α,β-unsaturated/α-hetero) is 2. The van der Waals surface area contributed by atoms with Crippen molar-refractivity contribution >= 4 is 11.6 Å². The van der Waals surface area contributed by atoms with Crippen molar-refractivity contribution in [3.63, 3.8) is 0 Å². The van der Waals surface area contributed by atoms with Crippen LogP contribution in [0, 0.1) is 16.7 Å². The van der Waals surface area contributed by atoms with Crippen molar-refractivity contribution in [2.45, 2.75) is 78.7 Å². The van der Waals surface area contributed by atoms with Crippen molar-refractivity contribution in [2.24, 2.45) is 16.7 Å². The number of aliphatic hydroxyl groups is 2. The Kier molecular flexibility index (Phi) is 6.66. The first-order valence-corrected chi connectivity index (χ1v) is 11.3. The Morgan fingerprint density at radius 3 is 2.10 bits per heavy atom. The molecule has 0 unspecified atom stereocenters.